The average molecular weight is 292 g/mol. The van der Waals surface area contributed by atoms with Crippen molar-refractivity contribution < 1.29 is 9.21 Å². The minimum absolute atomic E-state index is 0.0367. The van der Waals surface area contributed by atoms with Gasteiger partial charge in [0.15, 0.2) is 17.8 Å². The third kappa shape index (κ3) is 2.30. The Bertz CT molecular complexity index is 641. The monoisotopic (exact) mass is 291 g/mol. The largest absolute Gasteiger partial charge is 0.443 e. The Morgan fingerprint density at radius 3 is 2.95 bits per heavy atom. The van der Waals surface area contributed by atoms with Gasteiger partial charge in [-0.25, -0.2) is 4.98 Å². The summed E-state index contributed by atoms with van der Waals surface area (Å²) in [5.41, 5.74) is 6.78. The van der Waals surface area contributed by atoms with Gasteiger partial charge in [0.2, 0.25) is 0 Å². The zero-order valence-electron chi connectivity index (χ0n) is 10.8. The minimum Gasteiger partial charge on any atom is -0.443 e. The Morgan fingerprint density at radius 1 is 1.45 bits per heavy atom. The molecule has 5 nitrogen and oxygen atoms in total. The molecule has 104 valence electrons. The zero-order valence-corrected chi connectivity index (χ0v) is 11.5. The van der Waals surface area contributed by atoms with Gasteiger partial charge < -0.3 is 15.1 Å². The predicted molar refractivity (Wildman–Crippen MR) is 75.4 cm³/mol. The summed E-state index contributed by atoms with van der Waals surface area (Å²) in [6.45, 7) is 1.20. The highest BCUT2D eigenvalue weighted by Gasteiger charge is 2.29. The number of carbonyl (C=O) groups excluding carboxylic acids is 1. The molecule has 2 heterocycles. The summed E-state index contributed by atoms with van der Waals surface area (Å²) in [5.74, 6) is 0.239. The quantitative estimate of drug-likeness (QED) is 0.920. The van der Waals surface area contributed by atoms with Crippen LogP contribution in [0.1, 0.15) is 16.9 Å². The molecular formula is C14H14ClN3O2. The smallest absolute Gasteiger partial charge is 0.276 e. The molecule has 6 heteroatoms. The fourth-order valence-corrected chi connectivity index (χ4v) is 2.58. The number of hydrogen-bond acceptors (Lipinski definition) is 4. The first-order chi connectivity index (χ1) is 9.66. The van der Waals surface area contributed by atoms with Gasteiger partial charge in [-0.1, -0.05) is 23.7 Å². The number of nitrogens with two attached hydrogens (primary N) is 1. The lowest BCUT2D eigenvalue weighted by Gasteiger charge is -2.14. The van der Waals surface area contributed by atoms with Crippen LogP contribution in [-0.4, -0.2) is 34.9 Å². The van der Waals surface area contributed by atoms with Gasteiger partial charge >= 0.3 is 0 Å². The number of rotatable bonds is 2. The molecule has 3 rings (SSSR count). The number of amides is 1. The summed E-state index contributed by atoms with van der Waals surface area (Å²) >= 11 is 6.14. The highest BCUT2D eigenvalue weighted by Crippen LogP contribution is 2.30. The van der Waals surface area contributed by atoms with Crippen molar-refractivity contribution in [2.75, 3.05) is 13.1 Å². The van der Waals surface area contributed by atoms with Crippen molar-refractivity contribution in [1.82, 2.24) is 9.88 Å². The normalized spacial score (nSPS) is 18.5. The lowest BCUT2D eigenvalue weighted by atomic mass is 10.1. The summed E-state index contributed by atoms with van der Waals surface area (Å²) in [5, 5.41) is 0.524. The molecule has 0 spiro atoms. The van der Waals surface area contributed by atoms with Crippen LogP contribution in [0.2, 0.25) is 5.02 Å². The van der Waals surface area contributed by atoms with E-state index in [1.54, 1.807) is 17.0 Å². The summed E-state index contributed by atoms with van der Waals surface area (Å²) < 4.78 is 5.36. The van der Waals surface area contributed by atoms with E-state index in [0.717, 1.165) is 6.42 Å². The second-order valence-electron chi connectivity index (χ2n) is 4.81. The van der Waals surface area contributed by atoms with Crippen molar-refractivity contribution in [2.24, 2.45) is 5.73 Å². The lowest BCUT2D eigenvalue weighted by molar-refractivity contribution is 0.0786. The Hall–Kier alpha value is -1.85. The third-order valence-corrected chi connectivity index (χ3v) is 3.73. The molecular weight excluding hydrogens is 278 g/mol. The van der Waals surface area contributed by atoms with E-state index in [0.29, 0.717) is 29.4 Å². The van der Waals surface area contributed by atoms with Gasteiger partial charge in [0.05, 0.1) is 5.02 Å². The van der Waals surface area contributed by atoms with Crippen LogP contribution in [0.5, 0.6) is 0 Å². The van der Waals surface area contributed by atoms with Gasteiger partial charge in [0.1, 0.15) is 0 Å². The maximum atomic E-state index is 12.5. The topological polar surface area (TPSA) is 72.4 Å². The second-order valence-corrected chi connectivity index (χ2v) is 5.22. The van der Waals surface area contributed by atoms with E-state index in [1.165, 1.54) is 6.39 Å². The number of benzene rings is 1. The van der Waals surface area contributed by atoms with Crippen molar-refractivity contribution in [2.45, 2.75) is 12.5 Å². The van der Waals surface area contributed by atoms with E-state index < -0.39 is 0 Å². The molecule has 2 N–H and O–H groups in total. The van der Waals surface area contributed by atoms with E-state index in [4.69, 9.17) is 21.8 Å². The van der Waals surface area contributed by atoms with Gasteiger partial charge in [-0.05, 0) is 18.6 Å². The number of hydrogen-bond donors (Lipinski definition) is 1. The van der Waals surface area contributed by atoms with E-state index in [2.05, 4.69) is 4.98 Å². The van der Waals surface area contributed by atoms with E-state index in [-0.39, 0.29) is 17.6 Å². The highest BCUT2D eigenvalue weighted by atomic mass is 35.5. The maximum absolute atomic E-state index is 12.5. The molecule has 1 aromatic heterocycles. The molecule has 0 saturated carbocycles. The average Bonchev–Trinajstić information content (AvgIpc) is 3.07. The predicted octanol–water partition coefficient (Wildman–Crippen LogP) is 2.17. The second kappa shape index (κ2) is 5.26. The van der Waals surface area contributed by atoms with Crippen LogP contribution in [0.15, 0.2) is 35.1 Å². The summed E-state index contributed by atoms with van der Waals surface area (Å²) in [7, 11) is 0. The standard InChI is InChI=1S/C14H14ClN3O2/c15-11-4-2-1-3-10(11)13-12(17-8-20-13)14(19)18-6-5-9(16)7-18/h1-4,8-9H,5-7,16H2/t9-/m0/s1. The lowest BCUT2D eigenvalue weighted by Crippen LogP contribution is -2.32. The van der Waals surface area contributed by atoms with Crippen LogP contribution in [0.25, 0.3) is 11.3 Å². The first-order valence-electron chi connectivity index (χ1n) is 6.40. The minimum atomic E-state index is -0.165. The molecule has 0 unspecified atom stereocenters. The molecule has 20 heavy (non-hydrogen) atoms. The summed E-state index contributed by atoms with van der Waals surface area (Å²) in [6.07, 6.45) is 2.08. The Balaban J connectivity index is 1.95. The van der Waals surface area contributed by atoms with Gasteiger partial charge in [0, 0.05) is 24.7 Å². The van der Waals surface area contributed by atoms with Gasteiger partial charge in [0.25, 0.3) is 5.91 Å². The number of carbonyl (C=O) groups is 1. The Labute approximate surface area is 121 Å². The molecule has 2 aromatic rings. The molecule has 0 aliphatic carbocycles. The molecule has 0 radical (unpaired) electrons. The molecule has 0 bridgehead atoms. The van der Waals surface area contributed by atoms with Crippen molar-refractivity contribution in [3.8, 4) is 11.3 Å². The highest BCUT2D eigenvalue weighted by molar-refractivity contribution is 6.33. The zero-order chi connectivity index (χ0) is 14.1. The number of likely N-dealkylation sites (tertiary alicyclic amines) is 1. The summed E-state index contributed by atoms with van der Waals surface area (Å²) in [6, 6.07) is 7.25. The van der Waals surface area contributed by atoms with Gasteiger partial charge in [-0.2, -0.15) is 0 Å². The van der Waals surface area contributed by atoms with Crippen LogP contribution in [0.4, 0.5) is 0 Å². The SMILES string of the molecule is N[C@H]1CCN(C(=O)c2ncoc2-c2ccccc2Cl)C1. The van der Waals surface area contributed by atoms with Crippen LogP contribution in [0.3, 0.4) is 0 Å². The first kappa shape index (κ1) is 13.1. The van der Waals surface area contributed by atoms with Crippen LogP contribution >= 0.6 is 11.6 Å². The van der Waals surface area contributed by atoms with Crippen molar-refractivity contribution in [3.05, 3.63) is 41.4 Å². The van der Waals surface area contributed by atoms with Gasteiger partial charge in [-0.15, -0.1) is 0 Å². The molecule has 1 aromatic carbocycles. The van der Waals surface area contributed by atoms with Crippen LogP contribution in [-0.2, 0) is 0 Å². The Kier molecular flexibility index (Phi) is 3.46. The molecule has 1 atom stereocenters. The number of nitrogens with zero attached hydrogens (tertiary/aromatic N) is 2. The fourth-order valence-electron chi connectivity index (χ4n) is 2.36. The van der Waals surface area contributed by atoms with Gasteiger partial charge in [-0.3, -0.25) is 4.79 Å². The molecule has 1 fully saturated rings. The van der Waals surface area contributed by atoms with E-state index >= 15 is 0 Å². The molecule has 1 saturated heterocycles. The maximum Gasteiger partial charge on any atom is 0.276 e. The molecule has 1 aliphatic heterocycles. The third-order valence-electron chi connectivity index (χ3n) is 3.40. The number of aromatic nitrogens is 1. The van der Waals surface area contributed by atoms with Crippen molar-refractivity contribution >= 4 is 17.5 Å². The molecule has 1 amide bonds. The van der Waals surface area contributed by atoms with E-state index in [1.807, 2.05) is 12.1 Å². The fraction of sp³-hybridized carbons (Fsp3) is 0.286. The Morgan fingerprint density at radius 2 is 2.25 bits per heavy atom. The van der Waals surface area contributed by atoms with Crippen molar-refractivity contribution in [1.29, 1.82) is 0 Å². The van der Waals surface area contributed by atoms with Crippen LogP contribution in [0, 0.1) is 0 Å². The number of halogens is 1. The van der Waals surface area contributed by atoms with E-state index in [9.17, 15) is 4.79 Å². The number of oxazole rings is 1. The van der Waals surface area contributed by atoms with Crippen LogP contribution < -0.4 is 5.73 Å². The van der Waals surface area contributed by atoms with Crippen molar-refractivity contribution in [3.63, 3.8) is 0 Å². The summed E-state index contributed by atoms with van der Waals surface area (Å²) in [4.78, 5) is 18.2. The first-order valence-corrected chi connectivity index (χ1v) is 6.78. The molecule has 1 aliphatic rings.